The SMILES string of the molecule is Cc1ccc(-c2[nH]c3c(C(F)(F)F)cc(Cl)cc3c2CCCCN)c(C)c1. The summed E-state index contributed by atoms with van der Waals surface area (Å²) in [5.74, 6) is 0. The predicted octanol–water partition coefficient (Wildman–Crippen LogP) is 6.41. The normalized spacial score (nSPS) is 12.1. The highest BCUT2D eigenvalue weighted by atomic mass is 35.5. The van der Waals surface area contributed by atoms with Gasteiger partial charge in [0.1, 0.15) is 0 Å². The molecule has 0 unspecified atom stereocenters. The van der Waals surface area contributed by atoms with Gasteiger partial charge in [-0.1, -0.05) is 35.4 Å². The number of rotatable bonds is 5. The molecule has 0 saturated heterocycles. The minimum Gasteiger partial charge on any atom is -0.354 e. The van der Waals surface area contributed by atoms with Gasteiger partial charge in [-0.25, -0.2) is 0 Å². The summed E-state index contributed by atoms with van der Waals surface area (Å²) < 4.78 is 40.8. The standard InChI is InChI=1S/C21H22ClF3N2/c1-12-6-7-15(13(2)9-12)19-16(5-3-4-8-26)17-10-14(22)11-18(20(17)27-19)21(23,24)25/h6-7,9-11,27H,3-5,8,26H2,1-2H3. The second kappa shape index (κ2) is 7.56. The fourth-order valence-corrected chi connectivity index (χ4v) is 3.79. The molecule has 6 heteroatoms. The number of hydrogen-bond acceptors (Lipinski definition) is 1. The molecule has 2 aromatic carbocycles. The lowest BCUT2D eigenvalue weighted by Crippen LogP contribution is -2.05. The van der Waals surface area contributed by atoms with Crippen LogP contribution in [0.1, 0.15) is 35.1 Å². The fraction of sp³-hybridized carbons (Fsp3) is 0.333. The van der Waals surface area contributed by atoms with Gasteiger partial charge in [0.25, 0.3) is 0 Å². The maximum absolute atomic E-state index is 13.6. The largest absolute Gasteiger partial charge is 0.418 e. The molecule has 0 fully saturated rings. The minimum absolute atomic E-state index is 0.0843. The summed E-state index contributed by atoms with van der Waals surface area (Å²) in [7, 11) is 0. The molecule has 27 heavy (non-hydrogen) atoms. The van der Waals surface area contributed by atoms with Crippen LogP contribution in [0.3, 0.4) is 0 Å². The lowest BCUT2D eigenvalue weighted by Gasteiger charge is -2.09. The lowest BCUT2D eigenvalue weighted by atomic mass is 9.96. The van der Waals surface area contributed by atoms with Crippen molar-refractivity contribution in [2.75, 3.05) is 6.54 Å². The van der Waals surface area contributed by atoms with Crippen LogP contribution in [0.5, 0.6) is 0 Å². The number of benzene rings is 2. The van der Waals surface area contributed by atoms with Gasteiger partial charge in [-0.05, 0) is 62.9 Å². The summed E-state index contributed by atoms with van der Waals surface area (Å²) >= 11 is 6.04. The van der Waals surface area contributed by atoms with Crippen LogP contribution >= 0.6 is 11.6 Å². The van der Waals surface area contributed by atoms with Crippen molar-refractivity contribution in [1.82, 2.24) is 4.98 Å². The summed E-state index contributed by atoms with van der Waals surface area (Å²) in [5.41, 5.74) is 9.57. The molecule has 2 nitrogen and oxygen atoms in total. The summed E-state index contributed by atoms with van der Waals surface area (Å²) in [5, 5.41) is 0.614. The van der Waals surface area contributed by atoms with Gasteiger partial charge in [-0.2, -0.15) is 13.2 Å². The molecule has 0 saturated carbocycles. The number of aryl methyl sites for hydroxylation is 3. The Kier molecular flexibility index (Phi) is 5.54. The van der Waals surface area contributed by atoms with E-state index in [2.05, 4.69) is 4.98 Å². The number of nitrogens with one attached hydrogen (secondary N) is 1. The summed E-state index contributed by atoms with van der Waals surface area (Å²) in [4.78, 5) is 3.06. The molecule has 1 aromatic heterocycles. The third-order valence-electron chi connectivity index (χ3n) is 4.82. The average Bonchev–Trinajstić information content (AvgIpc) is 2.92. The molecule has 0 aliphatic carbocycles. The number of hydrogen-bond donors (Lipinski definition) is 2. The van der Waals surface area contributed by atoms with Crippen LogP contribution in [-0.4, -0.2) is 11.5 Å². The highest BCUT2D eigenvalue weighted by molar-refractivity contribution is 6.31. The molecule has 0 spiro atoms. The monoisotopic (exact) mass is 394 g/mol. The van der Waals surface area contributed by atoms with Crippen molar-refractivity contribution in [1.29, 1.82) is 0 Å². The number of aromatic nitrogens is 1. The molecule has 3 rings (SSSR count). The van der Waals surface area contributed by atoms with Crippen LogP contribution in [-0.2, 0) is 12.6 Å². The van der Waals surface area contributed by atoms with Crippen LogP contribution in [0.4, 0.5) is 13.2 Å². The first kappa shape index (κ1) is 19.8. The average molecular weight is 395 g/mol. The zero-order valence-corrected chi connectivity index (χ0v) is 16.1. The maximum Gasteiger partial charge on any atom is 0.418 e. The Morgan fingerprint density at radius 1 is 1.07 bits per heavy atom. The Hall–Kier alpha value is -1.98. The summed E-state index contributed by atoms with van der Waals surface area (Å²) in [6.07, 6.45) is -2.24. The third kappa shape index (κ3) is 3.99. The van der Waals surface area contributed by atoms with Gasteiger partial charge in [0.2, 0.25) is 0 Å². The van der Waals surface area contributed by atoms with Gasteiger partial charge in [0, 0.05) is 21.7 Å². The molecule has 1 heterocycles. The first-order valence-corrected chi connectivity index (χ1v) is 9.29. The molecule has 0 bridgehead atoms. The number of nitrogens with two attached hydrogens (primary N) is 1. The van der Waals surface area contributed by atoms with Crippen molar-refractivity contribution >= 4 is 22.5 Å². The van der Waals surface area contributed by atoms with E-state index >= 15 is 0 Å². The molecule has 0 aliphatic rings. The van der Waals surface area contributed by atoms with Crippen LogP contribution in [0.2, 0.25) is 5.02 Å². The third-order valence-corrected chi connectivity index (χ3v) is 5.04. The molecule has 0 radical (unpaired) electrons. The van der Waals surface area contributed by atoms with Crippen molar-refractivity contribution in [3.8, 4) is 11.3 Å². The quantitative estimate of drug-likeness (QED) is 0.482. The van der Waals surface area contributed by atoms with E-state index in [4.69, 9.17) is 17.3 Å². The van der Waals surface area contributed by atoms with E-state index < -0.39 is 11.7 Å². The molecule has 0 amide bonds. The van der Waals surface area contributed by atoms with Crippen molar-refractivity contribution in [2.45, 2.75) is 39.3 Å². The maximum atomic E-state index is 13.6. The smallest absolute Gasteiger partial charge is 0.354 e. The van der Waals surface area contributed by atoms with Crippen LogP contribution in [0.15, 0.2) is 30.3 Å². The van der Waals surface area contributed by atoms with Gasteiger partial charge >= 0.3 is 6.18 Å². The van der Waals surface area contributed by atoms with E-state index in [1.807, 2.05) is 32.0 Å². The first-order valence-electron chi connectivity index (χ1n) is 8.91. The zero-order valence-electron chi connectivity index (χ0n) is 15.3. The molecule has 3 aromatic rings. The Bertz CT molecular complexity index is 974. The Morgan fingerprint density at radius 2 is 1.81 bits per heavy atom. The molecular weight excluding hydrogens is 373 g/mol. The van der Waals surface area contributed by atoms with E-state index in [0.717, 1.165) is 46.9 Å². The Morgan fingerprint density at radius 3 is 2.44 bits per heavy atom. The zero-order chi connectivity index (χ0) is 19.8. The van der Waals surface area contributed by atoms with E-state index in [9.17, 15) is 13.2 Å². The van der Waals surface area contributed by atoms with E-state index in [1.165, 1.54) is 0 Å². The number of alkyl halides is 3. The number of fused-ring (bicyclic) bond motifs is 1. The van der Waals surface area contributed by atoms with Crippen molar-refractivity contribution in [3.05, 3.63) is 57.6 Å². The Balaban J connectivity index is 2.29. The van der Waals surface area contributed by atoms with Crippen LogP contribution in [0, 0.1) is 13.8 Å². The van der Waals surface area contributed by atoms with Gasteiger partial charge in [-0.15, -0.1) is 0 Å². The Labute approximate surface area is 161 Å². The van der Waals surface area contributed by atoms with E-state index in [0.29, 0.717) is 18.4 Å². The summed E-state index contributed by atoms with van der Waals surface area (Å²) in [6.45, 7) is 4.51. The van der Waals surface area contributed by atoms with E-state index in [-0.39, 0.29) is 10.5 Å². The first-order chi connectivity index (χ1) is 12.7. The fourth-order valence-electron chi connectivity index (χ4n) is 3.57. The van der Waals surface area contributed by atoms with Crippen LogP contribution in [0.25, 0.3) is 22.2 Å². The highest BCUT2D eigenvalue weighted by Gasteiger charge is 2.34. The number of unbranched alkanes of at least 4 members (excludes halogenated alkanes) is 1. The molecule has 3 N–H and O–H groups in total. The van der Waals surface area contributed by atoms with Crippen LogP contribution < -0.4 is 5.73 Å². The number of H-pyrrole nitrogens is 1. The van der Waals surface area contributed by atoms with Gasteiger partial charge in [0.05, 0.1) is 11.1 Å². The van der Waals surface area contributed by atoms with Gasteiger partial charge in [-0.3, -0.25) is 0 Å². The molecule has 144 valence electrons. The number of aromatic amines is 1. The predicted molar refractivity (Wildman–Crippen MR) is 105 cm³/mol. The van der Waals surface area contributed by atoms with Crippen molar-refractivity contribution < 1.29 is 13.2 Å². The second-order valence-electron chi connectivity index (χ2n) is 6.92. The molecular formula is C21H22ClF3N2. The van der Waals surface area contributed by atoms with Crippen molar-refractivity contribution in [2.24, 2.45) is 5.73 Å². The highest BCUT2D eigenvalue weighted by Crippen LogP contribution is 2.41. The van der Waals surface area contributed by atoms with Gasteiger partial charge in [0.15, 0.2) is 0 Å². The lowest BCUT2D eigenvalue weighted by molar-refractivity contribution is -0.136. The van der Waals surface area contributed by atoms with E-state index in [1.54, 1.807) is 6.07 Å². The number of halogens is 4. The molecule has 0 aliphatic heterocycles. The van der Waals surface area contributed by atoms with Gasteiger partial charge < -0.3 is 10.7 Å². The minimum atomic E-state index is -4.48. The topological polar surface area (TPSA) is 41.8 Å². The van der Waals surface area contributed by atoms with Crippen molar-refractivity contribution in [3.63, 3.8) is 0 Å². The molecule has 0 atom stereocenters. The summed E-state index contributed by atoms with van der Waals surface area (Å²) in [6, 6.07) is 8.55. The second-order valence-corrected chi connectivity index (χ2v) is 7.35.